The molecule has 0 saturated carbocycles. The number of nitrogens with zero attached hydrogens (tertiary/aromatic N) is 2. The molecular formula is C13H17N3O2. The highest BCUT2D eigenvalue weighted by molar-refractivity contribution is 5.22. The number of hydrogen-bond acceptors (Lipinski definition) is 5. The largest absolute Gasteiger partial charge is 0.369 e. The van der Waals surface area contributed by atoms with Gasteiger partial charge in [0.05, 0.1) is 6.04 Å². The van der Waals surface area contributed by atoms with Crippen LogP contribution in [0.4, 0.5) is 0 Å². The Kier molecular flexibility index (Phi) is 4.07. The number of nitrogens with two attached hydrogens (primary N) is 1. The number of hydrogen-bond donors (Lipinski definition) is 1. The zero-order chi connectivity index (χ0) is 13.0. The average Bonchev–Trinajstić information content (AvgIpc) is 2.89. The van der Waals surface area contributed by atoms with Gasteiger partial charge in [-0.2, -0.15) is 4.98 Å². The Balaban J connectivity index is 2.26. The molecule has 1 heterocycles. The molecule has 5 nitrogen and oxygen atoms in total. The molecule has 2 unspecified atom stereocenters. The van der Waals surface area contributed by atoms with E-state index in [1.54, 1.807) is 7.11 Å². The molecule has 1 aromatic carbocycles. The second-order valence-corrected chi connectivity index (χ2v) is 4.03. The molecule has 18 heavy (non-hydrogen) atoms. The Labute approximate surface area is 106 Å². The van der Waals surface area contributed by atoms with Crippen molar-refractivity contribution in [1.82, 2.24) is 10.1 Å². The van der Waals surface area contributed by atoms with Crippen LogP contribution in [0.5, 0.6) is 0 Å². The molecule has 2 aromatic rings. The normalized spacial score (nSPS) is 14.4. The molecule has 2 rings (SSSR count). The lowest BCUT2D eigenvalue weighted by atomic mass is 10.1. The fraction of sp³-hybridized carbons (Fsp3) is 0.385. The van der Waals surface area contributed by atoms with Gasteiger partial charge in [-0.05, 0) is 12.0 Å². The SMILES string of the molecule is CCC(N)c1nc(C(OC)c2ccccc2)no1. The monoisotopic (exact) mass is 247 g/mol. The molecule has 0 aliphatic rings. The Morgan fingerprint density at radius 1 is 1.33 bits per heavy atom. The van der Waals surface area contributed by atoms with Gasteiger partial charge >= 0.3 is 0 Å². The summed E-state index contributed by atoms with van der Waals surface area (Å²) in [6.07, 6.45) is 0.428. The summed E-state index contributed by atoms with van der Waals surface area (Å²) in [7, 11) is 1.62. The fourth-order valence-corrected chi connectivity index (χ4v) is 1.70. The minimum atomic E-state index is -0.326. The third-order valence-electron chi connectivity index (χ3n) is 2.79. The van der Waals surface area contributed by atoms with Crippen LogP contribution >= 0.6 is 0 Å². The van der Waals surface area contributed by atoms with Gasteiger partial charge in [-0.1, -0.05) is 42.4 Å². The third kappa shape index (κ3) is 2.57. The van der Waals surface area contributed by atoms with E-state index in [1.807, 2.05) is 37.3 Å². The standard InChI is InChI=1S/C13H17N3O2/c1-3-10(14)13-15-12(16-18-13)11(17-2)9-7-5-4-6-8-9/h4-8,10-11H,3,14H2,1-2H3. The highest BCUT2D eigenvalue weighted by Gasteiger charge is 2.21. The number of rotatable bonds is 5. The summed E-state index contributed by atoms with van der Waals surface area (Å²) >= 11 is 0. The molecule has 0 radical (unpaired) electrons. The number of benzene rings is 1. The first-order valence-corrected chi connectivity index (χ1v) is 5.93. The van der Waals surface area contributed by atoms with E-state index in [-0.39, 0.29) is 12.1 Å². The summed E-state index contributed by atoms with van der Waals surface area (Å²) in [4.78, 5) is 4.30. The van der Waals surface area contributed by atoms with Gasteiger partial charge in [0.15, 0.2) is 0 Å². The molecule has 0 saturated heterocycles. The molecule has 0 aliphatic heterocycles. The molecule has 0 aliphatic carbocycles. The Morgan fingerprint density at radius 3 is 2.67 bits per heavy atom. The summed E-state index contributed by atoms with van der Waals surface area (Å²) < 4.78 is 10.6. The first kappa shape index (κ1) is 12.7. The highest BCUT2D eigenvalue weighted by Crippen LogP contribution is 2.23. The molecule has 0 spiro atoms. The van der Waals surface area contributed by atoms with Gasteiger partial charge < -0.3 is 15.0 Å². The Bertz CT molecular complexity index is 484. The molecule has 2 atom stereocenters. The van der Waals surface area contributed by atoms with Crippen molar-refractivity contribution < 1.29 is 9.26 Å². The van der Waals surface area contributed by atoms with Crippen molar-refractivity contribution in [3.63, 3.8) is 0 Å². The Hall–Kier alpha value is -1.72. The van der Waals surface area contributed by atoms with Crippen molar-refractivity contribution >= 4 is 0 Å². The van der Waals surface area contributed by atoms with Gasteiger partial charge in [0.2, 0.25) is 11.7 Å². The van der Waals surface area contributed by atoms with Crippen LogP contribution in [0.1, 0.15) is 42.8 Å². The molecule has 1 aromatic heterocycles. The van der Waals surface area contributed by atoms with E-state index in [0.717, 1.165) is 12.0 Å². The predicted molar refractivity (Wildman–Crippen MR) is 66.8 cm³/mol. The zero-order valence-corrected chi connectivity index (χ0v) is 10.5. The average molecular weight is 247 g/mol. The molecule has 0 fully saturated rings. The summed E-state index contributed by atoms with van der Waals surface area (Å²) in [5, 5.41) is 3.94. The molecule has 2 N–H and O–H groups in total. The van der Waals surface area contributed by atoms with Gasteiger partial charge in [0.1, 0.15) is 6.10 Å². The van der Waals surface area contributed by atoms with Crippen LogP contribution in [-0.4, -0.2) is 17.3 Å². The van der Waals surface area contributed by atoms with Crippen molar-refractivity contribution in [2.24, 2.45) is 5.73 Å². The zero-order valence-electron chi connectivity index (χ0n) is 10.5. The van der Waals surface area contributed by atoms with E-state index in [9.17, 15) is 0 Å². The van der Waals surface area contributed by atoms with E-state index in [1.165, 1.54) is 0 Å². The molecule has 96 valence electrons. The van der Waals surface area contributed by atoms with Crippen LogP contribution < -0.4 is 5.73 Å². The molecule has 0 amide bonds. The first-order valence-electron chi connectivity index (χ1n) is 5.93. The van der Waals surface area contributed by atoms with Gasteiger partial charge in [0.25, 0.3) is 0 Å². The minimum Gasteiger partial charge on any atom is -0.369 e. The lowest BCUT2D eigenvalue weighted by molar-refractivity contribution is 0.126. The van der Waals surface area contributed by atoms with Gasteiger partial charge in [0, 0.05) is 7.11 Å². The lowest BCUT2D eigenvalue weighted by Gasteiger charge is -2.10. The lowest BCUT2D eigenvalue weighted by Crippen LogP contribution is -2.10. The molecular weight excluding hydrogens is 230 g/mol. The third-order valence-corrected chi connectivity index (χ3v) is 2.79. The van der Waals surface area contributed by atoms with Gasteiger partial charge in [-0.3, -0.25) is 0 Å². The van der Waals surface area contributed by atoms with Gasteiger partial charge in [-0.25, -0.2) is 0 Å². The number of ether oxygens (including phenoxy) is 1. The maximum Gasteiger partial charge on any atom is 0.243 e. The smallest absolute Gasteiger partial charge is 0.243 e. The van der Waals surface area contributed by atoms with Crippen LogP contribution in [-0.2, 0) is 4.74 Å². The number of methoxy groups -OCH3 is 1. The van der Waals surface area contributed by atoms with E-state index < -0.39 is 0 Å². The van der Waals surface area contributed by atoms with Crippen molar-refractivity contribution in [1.29, 1.82) is 0 Å². The van der Waals surface area contributed by atoms with Crippen LogP contribution in [0.15, 0.2) is 34.9 Å². The number of aromatic nitrogens is 2. The maximum absolute atomic E-state index is 5.85. The van der Waals surface area contributed by atoms with E-state index >= 15 is 0 Å². The van der Waals surface area contributed by atoms with Crippen LogP contribution in [0.25, 0.3) is 0 Å². The van der Waals surface area contributed by atoms with E-state index in [2.05, 4.69) is 10.1 Å². The minimum absolute atomic E-state index is 0.223. The van der Waals surface area contributed by atoms with Crippen molar-refractivity contribution in [2.75, 3.05) is 7.11 Å². The maximum atomic E-state index is 5.85. The summed E-state index contributed by atoms with van der Waals surface area (Å²) in [5.74, 6) is 0.952. The van der Waals surface area contributed by atoms with Crippen LogP contribution in [0, 0.1) is 0 Å². The molecule has 0 bridgehead atoms. The van der Waals surface area contributed by atoms with Crippen molar-refractivity contribution in [2.45, 2.75) is 25.5 Å². The topological polar surface area (TPSA) is 74.2 Å². The van der Waals surface area contributed by atoms with E-state index in [4.69, 9.17) is 15.0 Å². The second-order valence-electron chi connectivity index (χ2n) is 4.03. The summed E-state index contributed by atoms with van der Waals surface area (Å²) in [6.45, 7) is 1.97. The van der Waals surface area contributed by atoms with Crippen molar-refractivity contribution in [3.05, 3.63) is 47.6 Å². The van der Waals surface area contributed by atoms with Gasteiger partial charge in [-0.15, -0.1) is 0 Å². The van der Waals surface area contributed by atoms with Crippen LogP contribution in [0.2, 0.25) is 0 Å². The highest BCUT2D eigenvalue weighted by atomic mass is 16.5. The fourth-order valence-electron chi connectivity index (χ4n) is 1.70. The second kappa shape index (κ2) is 5.75. The van der Waals surface area contributed by atoms with Crippen LogP contribution in [0.3, 0.4) is 0 Å². The van der Waals surface area contributed by atoms with E-state index in [0.29, 0.717) is 11.7 Å². The summed E-state index contributed by atoms with van der Waals surface area (Å²) in [6, 6.07) is 9.54. The molecule has 5 heteroatoms. The first-order chi connectivity index (χ1) is 8.76. The summed E-state index contributed by atoms with van der Waals surface area (Å²) in [5.41, 5.74) is 6.83. The quantitative estimate of drug-likeness (QED) is 0.876. The van der Waals surface area contributed by atoms with Crippen molar-refractivity contribution in [3.8, 4) is 0 Å². The Morgan fingerprint density at radius 2 is 2.06 bits per heavy atom. The predicted octanol–water partition coefficient (Wildman–Crippen LogP) is 2.22.